The zero-order valence-corrected chi connectivity index (χ0v) is 13.3. The second-order valence-electron chi connectivity index (χ2n) is 4.77. The number of nitrogens with one attached hydrogen (secondary N) is 1. The summed E-state index contributed by atoms with van der Waals surface area (Å²) in [4.78, 5) is 0. The van der Waals surface area contributed by atoms with Crippen LogP contribution in [0, 0.1) is 11.7 Å². The second kappa shape index (κ2) is 7.24. The lowest BCUT2D eigenvalue weighted by Crippen LogP contribution is -2.32. The third kappa shape index (κ3) is 4.92. The summed E-state index contributed by atoms with van der Waals surface area (Å²) in [5.74, 6) is 0.0283. The first-order chi connectivity index (χ1) is 9.29. The van der Waals surface area contributed by atoms with Gasteiger partial charge in [-0.3, -0.25) is 0 Å². The van der Waals surface area contributed by atoms with Crippen LogP contribution in [0.25, 0.3) is 0 Å². The van der Waals surface area contributed by atoms with E-state index < -0.39 is 21.9 Å². The normalized spacial score (nSPS) is 14.8. The molecule has 0 fully saturated rings. The minimum Gasteiger partial charge on any atom is -0.496 e. The summed E-state index contributed by atoms with van der Waals surface area (Å²) in [5, 5.41) is 0. The van der Waals surface area contributed by atoms with Crippen LogP contribution in [0.1, 0.15) is 25.5 Å². The Hall–Kier alpha value is -0.850. The highest BCUT2D eigenvalue weighted by Crippen LogP contribution is 2.26. The molecule has 0 bridgehead atoms. The van der Waals surface area contributed by atoms with Crippen LogP contribution in [-0.2, 0) is 10.0 Å². The van der Waals surface area contributed by atoms with Gasteiger partial charge in [0.2, 0.25) is 10.0 Å². The van der Waals surface area contributed by atoms with E-state index in [9.17, 15) is 12.8 Å². The number of halogens is 2. The van der Waals surface area contributed by atoms with Gasteiger partial charge in [0.25, 0.3) is 0 Å². The molecule has 0 radical (unpaired) electrons. The van der Waals surface area contributed by atoms with Crippen LogP contribution in [0.5, 0.6) is 5.75 Å². The van der Waals surface area contributed by atoms with Crippen LogP contribution < -0.4 is 9.46 Å². The third-order valence-corrected chi connectivity index (χ3v) is 5.03. The lowest BCUT2D eigenvalue weighted by Gasteiger charge is -2.18. The van der Waals surface area contributed by atoms with Crippen molar-refractivity contribution in [2.75, 3.05) is 18.7 Å². The SMILES string of the molecule is COc1ccc(F)cc1C(C)NS(=O)(=O)CC(C)CCl. The molecule has 7 heteroatoms. The molecule has 114 valence electrons. The lowest BCUT2D eigenvalue weighted by molar-refractivity contribution is 0.403. The van der Waals surface area contributed by atoms with Gasteiger partial charge in [-0.05, 0) is 31.0 Å². The zero-order chi connectivity index (χ0) is 15.3. The lowest BCUT2D eigenvalue weighted by atomic mass is 10.1. The number of rotatable bonds is 7. The van der Waals surface area contributed by atoms with Gasteiger partial charge in [-0.1, -0.05) is 6.92 Å². The number of sulfonamides is 1. The Morgan fingerprint density at radius 2 is 2.05 bits per heavy atom. The number of methoxy groups -OCH3 is 1. The van der Waals surface area contributed by atoms with E-state index in [1.165, 1.54) is 25.3 Å². The summed E-state index contributed by atoms with van der Waals surface area (Å²) in [7, 11) is -2.04. The number of benzene rings is 1. The molecule has 0 spiro atoms. The molecule has 1 aromatic rings. The molecule has 0 saturated heterocycles. The average Bonchev–Trinajstić information content (AvgIpc) is 2.37. The van der Waals surface area contributed by atoms with E-state index >= 15 is 0 Å². The summed E-state index contributed by atoms with van der Waals surface area (Å²) >= 11 is 5.62. The van der Waals surface area contributed by atoms with Gasteiger partial charge in [0.1, 0.15) is 11.6 Å². The molecule has 0 heterocycles. The minimum absolute atomic E-state index is 0.0710. The number of hydrogen-bond acceptors (Lipinski definition) is 3. The first-order valence-corrected chi connectivity index (χ1v) is 8.37. The molecule has 0 aliphatic rings. The highest BCUT2D eigenvalue weighted by molar-refractivity contribution is 7.89. The van der Waals surface area contributed by atoms with Crippen molar-refractivity contribution in [3.05, 3.63) is 29.6 Å². The molecule has 0 aromatic heterocycles. The Labute approximate surface area is 124 Å². The summed E-state index contributed by atoms with van der Waals surface area (Å²) in [5.41, 5.74) is 0.453. The highest BCUT2D eigenvalue weighted by atomic mass is 35.5. The van der Waals surface area contributed by atoms with Crippen molar-refractivity contribution in [2.45, 2.75) is 19.9 Å². The molecule has 2 atom stereocenters. The van der Waals surface area contributed by atoms with E-state index in [2.05, 4.69) is 4.72 Å². The topological polar surface area (TPSA) is 55.4 Å². The molecule has 0 aliphatic heterocycles. The zero-order valence-electron chi connectivity index (χ0n) is 11.7. The van der Waals surface area contributed by atoms with Crippen molar-refractivity contribution < 1.29 is 17.5 Å². The number of alkyl halides is 1. The van der Waals surface area contributed by atoms with Crippen molar-refractivity contribution in [3.63, 3.8) is 0 Å². The molecular weight excluding hydrogens is 305 g/mol. The maximum absolute atomic E-state index is 13.3. The molecule has 1 rings (SSSR count). The maximum Gasteiger partial charge on any atom is 0.212 e. The van der Waals surface area contributed by atoms with Gasteiger partial charge in [-0.15, -0.1) is 11.6 Å². The summed E-state index contributed by atoms with van der Waals surface area (Å²) in [6, 6.07) is 3.40. The fraction of sp³-hybridized carbons (Fsp3) is 0.538. The summed E-state index contributed by atoms with van der Waals surface area (Å²) < 4.78 is 44.8. The molecule has 2 unspecified atom stereocenters. The van der Waals surface area contributed by atoms with Crippen LogP contribution in [0.3, 0.4) is 0 Å². The predicted molar refractivity (Wildman–Crippen MR) is 78.2 cm³/mol. The predicted octanol–water partition coefficient (Wildman–Crippen LogP) is 2.69. The fourth-order valence-electron chi connectivity index (χ4n) is 1.84. The van der Waals surface area contributed by atoms with Crippen LogP contribution in [-0.4, -0.2) is 27.2 Å². The van der Waals surface area contributed by atoms with Gasteiger partial charge >= 0.3 is 0 Å². The van der Waals surface area contributed by atoms with Crippen LogP contribution in [0.15, 0.2) is 18.2 Å². The molecule has 0 saturated carbocycles. The van der Waals surface area contributed by atoms with Gasteiger partial charge in [0.15, 0.2) is 0 Å². The van der Waals surface area contributed by atoms with E-state index in [1.807, 2.05) is 0 Å². The Bertz CT molecular complexity index is 551. The standard InChI is InChI=1S/C13H19ClFNO3S/c1-9(7-14)8-20(17,18)16-10(2)12-6-11(15)4-5-13(12)19-3/h4-6,9-10,16H,7-8H2,1-3H3. The van der Waals surface area contributed by atoms with Crippen molar-refractivity contribution in [3.8, 4) is 5.75 Å². The first kappa shape index (κ1) is 17.2. The average molecular weight is 324 g/mol. The van der Waals surface area contributed by atoms with Gasteiger partial charge < -0.3 is 4.74 Å². The third-order valence-electron chi connectivity index (χ3n) is 2.78. The number of ether oxygens (including phenoxy) is 1. The Kier molecular flexibility index (Phi) is 6.23. The van der Waals surface area contributed by atoms with E-state index in [4.69, 9.17) is 16.3 Å². The molecule has 0 aliphatic carbocycles. The van der Waals surface area contributed by atoms with Crippen LogP contribution in [0.2, 0.25) is 0 Å². The molecule has 4 nitrogen and oxygen atoms in total. The van der Waals surface area contributed by atoms with E-state index in [-0.39, 0.29) is 17.6 Å². The molecule has 1 N–H and O–H groups in total. The number of hydrogen-bond donors (Lipinski definition) is 1. The van der Waals surface area contributed by atoms with Crippen molar-refractivity contribution >= 4 is 21.6 Å². The fourth-order valence-corrected chi connectivity index (χ4v) is 3.71. The summed E-state index contributed by atoms with van der Waals surface area (Å²) in [6.07, 6.45) is 0. The monoisotopic (exact) mass is 323 g/mol. The summed E-state index contributed by atoms with van der Waals surface area (Å²) in [6.45, 7) is 3.39. The van der Waals surface area contributed by atoms with Gasteiger partial charge in [-0.2, -0.15) is 0 Å². The molecule has 1 aromatic carbocycles. The smallest absolute Gasteiger partial charge is 0.212 e. The Morgan fingerprint density at radius 3 is 2.60 bits per heavy atom. The largest absolute Gasteiger partial charge is 0.496 e. The van der Waals surface area contributed by atoms with E-state index in [0.29, 0.717) is 11.3 Å². The maximum atomic E-state index is 13.3. The Morgan fingerprint density at radius 1 is 1.40 bits per heavy atom. The highest BCUT2D eigenvalue weighted by Gasteiger charge is 2.21. The van der Waals surface area contributed by atoms with Gasteiger partial charge in [0.05, 0.1) is 12.9 Å². The van der Waals surface area contributed by atoms with Crippen molar-refractivity contribution in [1.82, 2.24) is 4.72 Å². The van der Waals surface area contributed by atoms with E-state index in [0.717, 1.165) is 0 Å². The molecule has 20 heavy (non-hydrogen) atoms. The Balaban J connectivity index is 2.91. The second-order valence-corrected chi connectivity index (χ2v) is 6.87. The van der Waals surface area contributed by atoms with E-state index in [1.54, 1.807) is 13.8 Å². The molecular formula is C13H19ClFNO3S. The molecule has 0 amide bonds. The van der Waals surface area contributed by atoms with Crippen LogP contribution in [0.4, 0.5) is 4.39 Å². The van der Waals surface area contributed by atoms with Gasteiger partial charge in [0, 0.05) is 17.5 Å². The van der Waals surface area contributed by atoms with Crippen molar-refractivity contribution in [1.29, 1.82) is 0 Å². The van der Waals surface area contributed by atoms with Crippen molar-refractivity contribution in [2.24, 2.45) is 5.92 Å². The van der Waals surface area contributed by atoms with Gasteiger partial charge in [-0.25, -0.2) is 17.5 Å². The first-order valence-electron chi connectivity index (χ1n) is 6.18. The van der Waals surface area contributed by atoms with Crippen LogP contribution >= 0.6 is 11.6 Å². The minimum atomic E-state index is -3.49. The quantitative estimate of drug-likeness (QED) is 0.785.